The second-order valence-electron chi connectivity index (χ2n) is 8.58. The lowest BCUT2D eigenvalue weighted by atomic mass is 10.1. The van der Waals surface area contributed by atoms with Gasteiger partial charge in [0, 0.05) is 12.1 Å². The van der Waals surface area contributed by atoms with Crippen molar-refractivity contribution in [2.75, 3.05) is 25.7 Å². The van der Waals surface area contributed by atoms with Gasteiger partial charge in [-0.3, -0.25) is 14.5 Å². The second-order valence-corrected chi connectivity index (χ2v) is 8.58. The monoisotopic (exact) mass is 498 g/mol. The molecule has 0 fully saturated rings. The van der Waals surface area contributed by atoms with Gasteiger partial charge in [0.05, 0.1) is 19.9 Å². The van der Waals surface area contributed by atoms with Gasteiger partial charge in [0.1, 0.15) is 18.4 Å². The summed E-state index contributed by atoms with van der Waals surface area (Å²) in [6.07, 6.45) is 0.786. The van der Waals surface area contributed by atoms with Gasteiger partial charge in [-0.2, -0.15) is 4.80 Å². The molecule has 0 saturated heterocycles. The van der Waals surface area contributed by atoms with Crippen LogP contribution >= 0.6 is 0 Å². The lowest BCUT2D eigenvalue weighted by Crippen LogP contribution is -2.50. The zero-order valence-corrected chi connectivity index (χ0v) is 21.1. The first kappa shape index (κ1) is 26.6. The predicted molar refractivity (Wildman–Crippen MR) is 132 cm³/mol. The molecule has 3 aromatic rings. The molecule has 0 spiro atoms. The highest BCUT2D eigenvalue weighted by atomic mass is 19.1. The van der Waals surface area contributed by atoms with Gasteiger partial charge in [-0.15, -0.1) is 10.2 Å². The topological polar surface area (TPSA) is 111 Å². The van der Waals surface area contributed by atoms with Crippen LogP contribution in [0.5, 0.6) is 11.5 Å². The van der Waals surface area contributed by atoms with E-state index >= 15 is 0 Å². The average Bonchev–Trinajstić information content (AvgIpc) is 3.32. The first-order valence-electron chi connectivity index (χ1n) is 11.6. The number of benzene rings is 2. The average molecular weight is 499 g/mol. The summed E-state index contributed by atoms with van der Waals surface area (Å²) in [6.45, 7) is 5.76. The summed E-state index contributed by atoms with van der Waals surface area (Å²) in [5, 5.41) is 15.1. The Balaban J connectivity index is 1.82. The molecule has 192 valence electrons. The van der Waals surface area contributed by atoms with Crippen LogP contribution in [0, 0.1) is 11.7 Å². The van der Waals surface area contributed by atoms with Crippen LogP contribution in [0.3, 0.4) is 0 Å². The number of para-hydroxylation sites is 1. The maximum absolute atomic E-state index is 14.7. The van der Waals surface area contributed by atoms with E-state index in [1.165, 1.54) is 32.4 Å². The fourth-order valence-corrected chi connectivity index (χ4v) is 3.55. The molecule has 2 aromatic carbocycles. The van der Waals surface area contributed by atoms with E-state index in [1.807, 2.05) is 13.8 Å². The number of aromatic nitrogens is 4. The number of methoxy groups -OCH3 is 2. The summed E-state index contributed by atoms with van der Waals surface area (Å²) in [4.78, 5) is 28.4. The molecule has 0 aliphatic carbocycles. The van der Waals surface area contributed by atoms with Gasteiger partial charge in [0.25, 0.3) is 5.91 Å². The van der Waals surface area contributed by atoms with E-state index < -0.39 is 17.8 Å². The van der Waals surface area contributed by atoms with Gasteiger partial charge >= 0.3 is 0 Å². The third kappa shape index (κ3) is 6.35. The van der Waals surface area contributed by atoms with Crippen molar-refractivity contribution in [3.05, 3.63) is 48.3 Å². The first-order chi connectivity index (χ1) is 17.2. The van der Waals surface area contributed by atoms with Gasteiger partial charge in [-0.05, 0) is 54.8 Å². The van der Waals surface area contributed by atoms with Crippen LogP contribution in [0.1, 0.15) is 27.2 Å². The predicted octanol–water partition coefficient (Wildman–Crippen LogP) is 3.08. The zero-order chi connectivity index (χ0) is 26.2. The second kappa shape index (κ2) is 12.1. The van der Waals surface area contributed by atoms with E-state index in [0.29, 0.717) is 29.5 Å². The number of carbonyl (C=O) groups excluding carboxylic acids is 2. The number of anilines is 1. The summed E-state index contributed by atoms with van der Waals surface area (Å²) >= 11 is 0. The van der Waals surface area contributed by atoms with Crippen molar-refractivity contribution in [2.24, 2.45) is 5.92 Å². The number of rotatable bonds is 11. The number of tetrazole rings is 1. The van der Waals surface area contributed by atoms with Crippen LogP contribution in [0.15, 0.2) is 42.5 Å². The standard InChI is InChI=1S/C25H31FN6O4/c1-16(2)12-13-27-25(34)17(3)32(20-9-7-6-8-19(20)26)23(33)15-31-29-24(28-30-31)18-10-11-21(35-4)22(14-18)36-5/h6-11,14,16-17H,12-13,15H2,1-5H3,(H,27,34)/t17-/m0/s1. The largest absolute Gasteiger partial charge is 0.493 e. The third-order valence-electron chi connectivity index (χ3n) is 5.54. The van der Waals surface area contributed by atoms with Crippen molar-refractivity contribution in [3.63, 3.8) is 0 Å². The van der Waals surface area contributed by atoms with E-state index in [4.69, 9.17) is 9.47 Å². The molecule has 1 atom stereocenters. The Hall–Kier alpha value is -4.02. The molecular weight excluding hydrogens is 467 g/mol. The molecule has 3 rings (SSSR count). The van der Waals surface area contributed by atoms with E-state index in [9.17, 15) is 14.0 Å². The van der Waals surface area contributed by atoms with Crippen molar-refractivity contribution in [1.29, 1.82) is 0 Å². The SMILES string of the molecule is COc1ccc(-c2nnn(CC(=O)N(c3ccccc3F)[C@@H](C)C(=O)NCCC(C)C)n2)cc1OC. The molecule has 0 aliphatic heterocycles. The Morgan fingerprint density at radius 3 is 2.47 bits per heavy atom. The zero-order valence-electron chi connectivity index (χ0n) is 21.1. The molecular formula is C25H31FN6O4. The van der Waals surface area contributed by atoms with Crippen LogP contribution in [-0.4, -0.2) is 58.8 Å². The minimum atomic E-state index is -0.963. The van der Waals surface area contributed by atoms with Gasteiger partial charge < -0.3 is 14.8 Å². The minimum Gasteiger partial charge on any atom is -0.493 e. The van der Waals surface area contributed by atoms with Gasteiger partial charge in [-0.25, -0.2) is 4.39 Å². The summed E-state index contributed by atoms with van der Waals surface area (Å²) < 4.78 is 25.2. The van der Waals surface area contributed by atoms with Crippen LogP contribution in [0.25, 0.3) is 11.4 Å². The number of nitrogens with one attached hydrogen (secondary N) is 1. The van der Waals surface area contributed by atoms with E-state index in [2.05, 4.69) is 20.7 Å². The number of ether oxygens (including phenoxy) is 2. The van der Waals surface area contributed by atoms with Gasteiger partial charge in [-0.1, -0.05) is 26.0 Å². The van der Waals surface area contributed by atoms with E-state index in [1.54, 1.807) is 31.2 Å². The lowest BCUT2D eigenvalue weighted by molar-refractivity contribution is -0.126. The van der Waals surface area contributed by atoms with Crippen LogP contribution in [-0.2, 0) is 16.1 Å². The third-order valence-corrected chi connectivity index (χ3v) is 5.54. The number of halogens is 1. The van der Waals surface area contributed by atoms with Crippen LogP contribution < -0.4 is 19.7 Å². The Labute approximate surface area is 209 Å². The summed E-state index contributed by atoms with van der Waals surface area (Å²) in [6, 6.07) is 9.98. The first-order valence-corrected chi connectivity index (χ1v) is 11.6. The Morgan fingerprint density at radius 2 is 1.81 bits per heavy atom. The summed E-state index contributed by atoms with van der Waals surface area (Å²) in [5.41, 5.74) is 0.601. The van der Waals surface area contributed by atoms with Crippen LogP contribution in [0.2, 0.25) is 0 Å². The fourth-order valence-electron chi connectivity index (χ4n) is 3.55. The molecule has 0 saturated carbocycles. The smallest absolute Gasteiger partial charge is 0.251 e. The Kier molecular flexibility index (Phi) is 8.93. The molecule has 1 aromatic heterocycles. The minimum absolute atomic E-state index is 0.00533. The molecule has 0 aliphatic rings. The number of amides is 2. The van der Waals surface area contributed by atoms with E-state index in [-0.39, 0.29) is 24.0 Å². The van der Waals surface area contributed by atoms with Crippen molar-refractivity contribution >= 4 is 17.5 Å². The van der Waals surface area contributed by atoms with Crippen molar-refractivity contribution in [3.8, 4) is 22.9 Å². The molecule has 10 nitrogen and oxygen atoms in total. The highest BCUT2D eigenvalue weighted by Gasteiger charge is 2.30. The lowest BCUT2D eigenvalue weighted by Gasteiger charge is -2.28. The van der Waals surface area contributed by atoms with E-state index in [0.717, 1.165) is 16.1 Å². The molecule has 2 amide bonds. The Bertz CT molecular complexity index is 1200. The number of hydrogen-bond donors (Lipinski definition) is 1. The number of carbonyl (C=O) groups is 2. The van der Waals surface area contributed by atoms with Gasteiger partial charge in [0.2, 0.25) is 11.7 Å². The van der Waals surface area contributed by atoms with Crippen molar-refractivity contribution in [2.45, 2.75) is 39.8 Å². The number of nitrogens with zero attached hydrogens (tertiary/aromatic N) is 5. The normalized spacial score (nSPS) is 11.8. The molecule has 0 unspecified atom stereocenters. The molecule has 0 radical (unpaired) electrons. The van der Waals surface area contributed by atoms with Gasteiger partial charge in [0.15, 0.2) is 11.5 Å². The molecule has 1 heterocycles. The Morgan fingerprint density at radius 1 is 1.08 bits per heavy atom. The molecule has 1 N–H and O–H groups in total. The highest BCUT2D eigenvalue weighted by molar-refractivity contribution is 6.00. The van der Waals surface area contributed by atoms with Crippen LogP contribution in [0.4, 0.5) is 10.1 Å². The number of hydrogen-bond acceptors (Lipinski definition) is 7. The summed E-state index contributed by atoms with van der Waals surface area (Å²) in [5.74, 6) is 0.136. The maximum atomic E-state index is 14.7. The van der Waals surface area contributed by atoms with Crippen molar-refractivity contribution < 1.29 is 23.5 Å². The highest BCUT2D eigenvalue weighted by Crippen LogP contribution is 2.30. The quantitative estimate of drug-likeness (QED) is 0.432. The maximum Gasteiger partial charge on any atom is 0.251 e. The van der Waals surface area contributed by atoms with Crippen molar-refractivity contribution in [1.82, 2.24) is 25.5 Å². The summed E-state index contributed by atoms with van der Waals surface area (Å²) in [7, 11) is 3.05. The molecule has 11 heteroatoms. The molecule has 36 heavy (non-hydrogen) atoms. The molecule has 0 bridgehead atoms. The fraction of sp³-hybridized carbons (Fsp3) is 0.400.